The van der Waals surface area contributed by atoms with Crippen molar-refractivity contribution < 1.29 is 9.90 Å². The van der Waals surface area contributed by atoms with Crippen molar-refractivity contribution in [1.29, 1.82) is 0 Å². The largest absolute Gasteiger partial charge is 0.478 e. The zero-order valence-electron chi connectivity index (χ0n) is 8.79. The van der Waals surface area contributed by atoms with E-state index in [1.807, 2.05) is 0 Å². The molecule has 0 saturated heterocycles. The van der Waals surface area contributed by atoms with E-state index < -0.39 is 5.97 Å². The van der Waals surface area contributed by atoms with Crippen LogP contribution in [-0.4, -0.2) is 17.6 Å². The third-order valence-electron chi connectivity index (χ3n) is 2.14. The quantitative estimate of drug-likeness (QED) is 0.512. The summed E-state index contributed by atoms with van der Waals surface area (Å²) in [5.74, 6) is -0.957. The first-order chi connectivity index (χ1) is 7.15. The number of benzene rings is 1. The van der Waals surface area contributed by atoms with Gasteiger partial charge in [-0.15, -0.1) is 0 Å². The average Bonchev–Trinajstić information content (AvgIpc) is 2.20. The van der Waals surface area contributed by atoms with Gasteiger partial charge in [-0.2, -0.15) is 0 Å². The molecule has 4 heteroatoms. The van der Waals surface area contributed by atoms with Crippen LogP contribution in [0.15, 0.2) is 18.2 Å². The highest BCUT2D eigenvalue weighted by atomic mass is 16.4. The summed E-state index contributed by atoms with van der Waals surface area (Å²) in [4.78, 5) is 10.6. The van der Waals surface area contributed by atoms with Crippen molar-refractivity contribution in [2.45, 2.75) is 19.8 Å². The van der Waals surface area contributed by atoms with Crippen LogP contribution in [-0.2, 0) is 0 Å². The second kappa shape index (κ2) is 5.24. The van der Waals surface area contributed by atoms with Gasteiger partial charge in [0.25, 0.3) is 0 Å². The number of aromatic carboxylic acids is 1. The lowest BCUT2D eigenvalue weighted by Gasteiger charge is -2.09. The van der Waals surface area contributed by atoms with Crippen molar-refractivity contribution in [3.63, 3.8) is 0 Å². The maximum absolute atomic E-state index is 10.6. The van der Waals surface area contributed by atoms with E-state index in [0.29, 0.717) is 5.69 Å². The van der Waals surface area contributed by atoms with Crippen molar-refractivity contribution in [2.75, 3.05) is 17.6 Å². The Bertz CT molecular complexity index is 350. The van der Waals surface area contributed by atoms with E-state index in [2.05, 4.69) is 12.2 Å². The van der Waals surface area contributed by atoms with Gasteiger partial charge >= 0.3 is 5.97 Å². The molecule has 1 aromatic rings. The van der Waals surface area contributed by atoms with Crippen molar-refractivity contribution >= 4 is 17.3 Å². The lowest BCUT2D eigenvalue weighted by Crippen LogP contribution is -2.05. The number of nitrogens with one attached hydrogen (secondary N) is 1. The van der Waals surface area contributed by atoms with Crippen molar-refractivity contribution in [1.82, 2.24) is 0 Å². The molecular formula is C11H16N2O2. The normalized spacial score (nSPS) is 9.93. The summed E-state index contributed by atoms with van der Waals surface area (Å²) < 4.78 is 0. The van der Waals surface area contributed by atoms with Gasteiger partial charge in [0.1, 0.15) is 0 Å². The number of anilines is 2. The minimum Gasteiger partial charge on any atom is -0.478 e. The molecule has 0 aliphatic rings. The number of carbonyl (C=O) groups is 1. The first-order valence-corrected chi connectivity index (χ1v) is 5.02. The van der Waals surface area contributed by atoms with Gasteiger partial charge in [0.2, 0.25) is 0 Å². The van der Waals surface area contributed by atoms with Gasteiger partial charge in [0.05, 0.1) is 16.9 Å². The predicted molar refractivity (Wildman–Crippen MR) is 61.2 cm³/mol. The maximum Gasteiger partial charge on any atom is 0.335 e. The molecule has 0 radical (unpaired) electrons. The molecule has 4 nitrogen and oxygen atoms in total. The van der Waals surface area contributed by atoms with Crippen molar-refractivity contribution in [2.24, 2.45) is 0 Å². The molecule has 0 aliphatic carbocycles. The summed E-state index contributed by atoms with van der Waals surface area (Å²) in [6.07, 6.45) is 2.18. The van der Waals surface area contributed by atoms with Crippen LogP contribution in [0.3, 0.4) is 0 Å². The van der Waals surface area contributed by atoms with Gasteiger partial charge in [-0.3, -0.25) is 0 Å². The Balaban J connectivity index is 2.70. The Morgan fingerprint density at radius 1 is 1.53 bits per heavy atom. The fraction of sp³-hybridized carbons (Fsp3) is 0.364. The molecule has 15 heavy (non-hydrogen) atoms. The molecule has 0 unspecified atom stereocenters. The van der Waals surface area contributed by atoms with E-state index in [9.17, 15) is 4.79 Å². The first-order valence-electron chi connectivity index (χ1n) is 5.02. The number of carboxylic acids is 1. The van der Waals surface area contributed by atoms with Gasteiger partial charge < -0.3 is 16.2 Å². The van der Waals surface area contributed by atoms with E-state index in [-0.39, 0.29) is 5.56 Å². The number of nitrogens with two attached hydrogens (primary N) is 1. The van der Waals surface area contributed by atoms with Crippen LogP contribution in [0.1, 0.15) is 30.1 Å². The molecule has 0 fully saturated rings. The summed E-state index contributed by atoms with van der Waals surface area (Å²) in [7, 11) is 0. The SMILES string of the molecule is CCCCNc1ccc(C(=O)O)cc1N. The summed E-state index contributed by atoms with van der Waals surface area (Å²) in [6.45, 7) is 2.96. The molecule has 0 spiro atoms. The number of hydrogen-bond donors (Lipinski definition) is 3. The highest BCUT2D eigenvalue weighted by Crippen LogP contribution is 2.19. The predicted octanol–water partition coefficient (Wildman–Crippen LogP) is 2.18. The smallest absolute Gasteiger partial charge is 0.335 e. The molecule has 82 valence electrons. The standard InChI is InChI=1S/C11H16N2O2/c1-2-3-6-13-10-5-4-8(11(14)15)7-9(10)12/h4-5,7,13H,2-3,6,12H2,1H3,(H,14,15). The van der Waals surface area contributed by atoms with Crippen LogP contribution in [0, 0.1) is 0 Å². The molecule has 0 saturated carbocycles. The van der Waals surface area contributed by atoms with Crippen LogP contribution in [0.5, 0.6) is 0 Å². The van der Waals surface area contributed by atoms with E-state index in [1.54, 1.807) is 12.1 Å². The van der Waals surface area contributed by atoms with Gasteiger partial charge in [-0.25, -0.2) is 4.79 Å². The Morgan fingerprint density at radius 3 is 2.80 bits per heavy atom. The number of rotatable bonds is 5. The number of nitrogen functional groups attached to an aromatic ring is 1. The topological polar surface area (TPSA) is 75.3 Å². The van der Waals surface area contributed by atoms with E-state index >= 15 is 0 Å². The van der Waals surface area contributed by atoms with Crippen molar-refractivity contribution in [3.8, 4) is 0 Å². The lowest BCUT2D eigenvalue weighted by atomic mass is 10.1. The van der Waals surface area contributed by atoms with E-state index in [1.165, 1.54) is 6.07 Å². The third-order valence-corrected chi connectivity index (χ3v) is 2.14. The fourth-order valence-electron chi connectivity index (χ4n) is 1.26. The first kappa shape index (κ1) is 11.4. The van der Waals surface area contributed by atoms with Gasteiger partial charge in [0, 0.05) is 6.54 Å². The van der Waals surface area contributed by atoms with Crippen LogP contribution in [0.25, 0.3) is 0 Å². The minimum absolute atomic E-state index is 0.216. The molecule has 0 bridgehead atoms. The van der Waals surface area contributed by atoms with Crippen molar-refractivity contribution in [3.05, 3.63) is 23.8 Å². The Hall–Kier alpha value is -1.71. The second-order valence-corrected chi connectivity index (χ2v) is 3.39. The van der Waals surface area contributed by atoms with Crippen LogP contribution in [0.4, 0.5) is 11.4 Å². The molecule has 1 rings (SSSR count). The zero-order chi connectivity index (χ0) is 11.3. The third kappa shape index (κ3) is 3.16. The highest BCUT2D eigenvalue weighted by Gasteiger charge is 2.05. The number of carboxylic acid groups (broad SMARTS) is 1. The molecule has 0 aromatic heterocycles. The van der Waals surface area contributed by atoms with Crippen LogP contribution < -0.4 is 11.1 Å². The Labute approximate surface area is 89.1 Å². The summed E-state index contributed by atoms with van der Waals surface area (Å²) in [5, 5.41) is 11.9. The summed E-state index contributed by atoms with van der Waals surface area (Å²) in [5.41, 5.74) is 7.21. The maximum atomic E-state index is 10.6. The number of unbranched alkanes of at least 4 members (excludes halogenated alkanes) is 1. The Morgan fingerprint density at radius 2 is 2.27 bits per heavy atom. The van der Waals surface area contributed by atoms with Gasteiger partial charge in [-0.1, -0.05) is 13.3 Å². The zero-order valence-corrected chi connectivity index (χ0v) is 8.79. The molecule has 0 atom stereocenters. The summed E-state index contributed by atoms with van der Waals surface area (Å²) in [6, 6.07) is 4.72. The van der Waals surface area contributed by atoms with Crippen LogP contribution in [0.2, 0.25) is 0 Å². The fourth-order valence-corrected chi connectivity index (χ4v) is 1.26. The highest BCUT2D eigenvalue weighted by molar-refractivity contribution is 5.90. The molecule has 0 amide bonds. The van der Waals surface area contributed by atoms with Gasteiger partial charge in [0.15, 0.2) is 0 Å². The van der Waals surface area contributed by atoms with Crippen LogP contribution >= 0.6 is 0 Å². The Kier molecular flexibility index (Phi) is 3.97. The molecule has 4 N–H and O–H groups in total. The lowest BCUT2D eigenvalue weighted by molar-refractivity contribution is 0.0697. The number of hydrogen-bond acceptors (Lipinski definition) is 3. The molecule has 0 heterocycles. The monoisotopic (exact) mass is 208 g/mol. The average molecular weight is 208 g/mol. The molecule has 1 aromatic carbocycles. The van der Waals surface area contributed by atoms with E-state index in [4.69, 9.17) is 10.8 Å². The minimum atomic E-state index is -0.957. The summed E-state index contributed by atoms with van der Waals surface area (Å²) >= 11 is 0. The second-order valence-electron chi connectivity index (χ2n) is 3.39. The van der Waals surface area contributed by atoms with Gasteiger partial charge in [-0.05, 0) is 24.6 Å². The molecule has 0 aliphatic heterocycles. The molecular weight excluding hydrogens is 192 g/mol. The van der Waals surface area contributed by atoms with E-state index in [0.717, 1.165) is 25.1 Å².